The fourth-order valence-electron chi connectivity index (χ4n) is 1.81. The normalized spacial score (nSPS) is 10.2. The monoisotopic (exact) mass is 305 g/mol. The molecule has 21 heavy (non-hydrogen) atoms. The van der Waals surface area contributed by atoms with E-state index in [1.54, 1.807) is 42.5 Å². The molecule has 0 bridgehead atoms. The lowest BCUT2D eigenvalue weighted by Crippen LogP contribution is -2.20. The van der Waals surface area contributed by atoms with Crippen LogP contribution in [0.1, 0.15) is 11.1 Å². The van der Waals surface area contributed by atoms with Crippen molar-refractivity contribution in [2.75, 3.05) is 11.9 Å². The third-order valence-electron chi connectivity index (χ3n) is 2.92. The molecule has 0 aliphatic rings. The van der Waals surface area contributed by atoms with Crippen molar-refractivity contribution in [2.24, 2.45) is 0 Å². The highest BCUT2D eigenvalue weighted by Gasteiger charge is 2.06. The molecular weight excluding hydrogens is 290 g/mol. The van der Waals surface area contributed by atoms with E-state index in [1.807, 2.05) is 6.92 Å². The summed E-state index contributed by atoms with van der Waals surface area (Å²) in [5, 5.41) is 12.3. The van der Waals surface area contributed by atoms with E-state index in [9.17, 15) is 4.79 Å². The maximum atomic E-state index is 11.8. The highest BCUT2D eigenvalue weighted by Crippen LogP contribution is 2.21. The van der Waals surface area contributed by atoms with Crippen LogP contribution in [-0.4, -0.2) is 17.6 Å². The summed E-state index contributed by atoms with van der Waals surface area (Å²) in [7, 11) is 0. The number of aliphatic hydroxyl groups excluding tert-OH is 1. The molecule has 0 aliphatic carbocycles. The fraction of sp³-hybridized carbons (Fsp3) is 0.188. The van der Waals surface area contributed by atoms with Crippen LogP contribution in [0.15, 0.2) is 42.5 Å². The van der Waals surface area contributed by atoms with Gasteiger partial charge in [-0.15, -0.1) is 0 Å². The van der Waals surface area contributed by atoms with Gasteiger partial charge in [0.2, 0.25) is 0 Å². The predicted octanol–water partition coefficient (Wildman–Crippen LogP) is 3.16. The zero-order chi connectivity index (χ0) is 15.2. The number of amides is 1. The molecule has 1 amide bonds. The molecule has 0 saturated carbocycles. The molecule has 0 radical (unpaired) electrons. The van der Waals surface area contributed by atoms with Crippen molar-refractivity contribution in [2.45, 2.75) is 13.5 Å². The molecule has 0 aromatic heterocycles. The maximum Gasteiger partial charge on any atom is 0.262 e. The van der Waals surface area contributed by atoms with E-state index in [1.165, 1.54) is 0 Å². The van der Waals surface area contributed by atoms with Crippen molar-refractivity contribution >= 4 is 23.2 Å². The quantitative estimate of drug-likeness (QED) is 0.892. The zero-order valence-corrected chi connectivity index (χ0v) is 12.4. The van der Waals surface area contributed by atoms with Crippen LogP contribution in [0.4, 0.5) is 5.69 Å². The number of rotatable bonds is 5. The number of anilines is 1. The van der Waals surface area contributed by atoms with Crippen molar-refractivity contribution in [1.29, 1.82) is 0 Å². The molecule has 2 N–H and O–H groups in total. The van der Waals surface area contributed by atoms with Crippen molar-refractivity contribution in [3.8, 4) is 5.75 Å². The first-order valence-electron chi connectivity index (χ1n) is 6.47. The Balaban J connectivity index is 1.89. The number of carbonyl (C=O) groups is 1. The van der Waals surface area contributed by atoms with Crippen LogP contribution in [0, 0.1) is 6.92 Å². The molecule has 0 saturated heterocycles. The summed E-state index contributed by atoms with van der Waals surface area (Å²) >= 11 is 5.86. The number of nitrogens with one attached hydrogen (secondary N) is 1. The summed E-state index contributed by atoms with van der Waals surface area (Å²) in [5.41, 5.74) is 2.33. The lowest BCUT2D eigenvalue weighted by molar-refractivity contribution is -0.118. The smallest absolute Gasteiger partial charge is 0.262 e. The number of halogens is 1. The Bertz CT molecular complexity index is 626. The number of aryl methyl sites for hydroxylation is 1. The Morgan fingerprint density at radius 2 is 1.95 bits per heavy atom. The van der Waals surface area contributed by atoms with Crippen LogP contribution in [0.3, 0.4) is 0 Å². The van der Waals surface area contributed by atoms with Crippen molar-refractivity contribution in [1.82, 2.24) is 0 Å². The van der Waals surface area contributed by atoms with Crippen molar-refractivity contribution in [3.05, 3.63) is 58.6 Å². The van der Waals surface area contributed by atoms with Crippen LogP contribution in [0.5, 0.6) is 5.75 Å². The Morgan fingerprint density at radius 3 is 2.57 bits per heavy atom. The second-order valence-electron chi connectivity index (χ2n) is 4.60. The highest BCUT2D eigenvalue weighted by molar-refractivity contribution is 6.30. The van der Waals surface area contributed by atoms with Gasteiger partial charge in [0.05, 0.1) is 6.61 Å². The molecule has 0 atom stereocenters. The molecule has 0 heterocycles. The van der Waals surface area contributed by atoms with E-state index in [0.29, 0.717) is 16.5 Å². The van der Waals surface area contributed by atoms with E-state index in [-0.39, 0.29) is 19.1 Å². The number of aliphatic hydroxyl groups is 1. The highest BCUT2D eigenvalue weighted by atomic mass is 35.5. The largest absolute Gasteiger partial charge is 0.483 e. The van der Waals surface area contributed by atoms with Gasteiger partial charge in [0, 0.05) is 10.7 Å². The molecule has 2 rings (SSSR count). The van der Waals surface area contributed by atoms with E-state index in [0.717, 1.165) is 11.1 Å². The standard InChI is InChI=1S/C16H16ClNO3/c1-11-8-13(17)4-7-15(11)21-10-16(20)18-14-5-2-12(9-19)3-6-14/h2-8,19H,9-10H2,1H3,(H,18,20). The number of hydrogen-bond acceptors (Lipinski definition) is 3. The number of ether oxygens (including phenoxy) is 1. The minimum Gasteiger partial charge on any atom is -0.483 e. The molecule has 4 nitrogen and oxygen atoms in total. The molecule has 0 aliphatic heterocycles. The van der Waals surface area contributed by atoms with Gasteiger partial charge in [0.15, 0.2) is 6.61 Å². The van der Waals surface area contributed by atoms with E-state index in [2.05, 4.69) is 5.32 Å². The molecular formula is C16H16ClNO3. The van der Waals surface area contributed by atoms with Crippen LogP contribution < -0.4 is 10.1 Å². The summed E-state index contributed by atoms with van der Waals surface area (Å²) < 4.78 is 5.46. The Hall–Kier alpha value is -2.04. The second kappa shape index (κ2) is 7.11. The van der Waals surface area contributed by atoms with Gasteiger partial charge in [-0.05, 0) is 48.4 Å². The van der Waals surface area contributed by atoms with Crippen molar-refractivity contribution < 1.29 is 14.6 Å². The van der Waals surface area contributed by atoms with E-state index >= 15 is 0 Å². The second-order valence-corrected chi connectivity index (χ2v) is 5.04. The predicted molar refractivity (Wildman–Crippen MR) is 82.7 cm³/mol. The molecule has 5 heteroatoms. The minimum atomic E-state index is -0.249. The third kappa shape index (κ3) is 4.48. The van der Waals surface area contributed by atoms with E-state index < -0.39 is 0 Å². The van der Waals surface area contributed by atoms with Crippen LogP contribution in [0.2, 0.25) is 5.02 Å². The molecule has 2 aromatic carbocycles. The lowest BCUT2D eigenvalue weighted by Gasteiger charge is -2.10. The van der Waals surface area contributed by atoms with Gasteiger partial charge in [0.25, 0.3) is 5.91 Å². The van der Waals surface area contributed by atoms with Gasteiger partial charge in [-0.1, -0.05) is 23.7 Å². The summed E-state index contributed by atoms with van der Waals surface area (Å²) in [4.78, 5) is 11.8. The number of benzene rings is 2. The SMILES string of the molecule is Cc1cc(Cl)ccc1OCC(=O)Nc1ccc(CO)cc1. The van der Waals surface area contributed by atoms with Gasteiger partial charge in [-0.3, -0.25) is 4.79 Å². The van der Waals surface area contributed by atoms with Gasteiger partial charge in [-0.25, -0.2) is 0 Å². The topological polar surface area (TPSA) is 58.6 Å². The summed E-state index contributed by atoms with van der Waals surface area (Å²) in [6.07, 6.45) is 0. The third-order valence-corrected chi connectivity index (χ3v) is 3.15. The van der Waals surface area contributed by atoms with Crippen LogP contribution in [-0.2, 0) is 11.4 Å². The lowest BCUT2D eigenvalue weighted by atomic mass is 10.2. The van der Waals surface area contributed by atoms with E-state index in [4.69, 9.17) is 21.4 Å². The fourth-order valence-corrected chi connectivity index (χ4v) is 2.04. The van der Waals surface area contributed by atoms with Gasteiger partial charge in [-0.2, -0.15) is 0 Å². The molecule has 110 valence electrons. The Kier molecular flexibility index (Phi) is 5.20. The minimum absolute atomic E-state index is 0.0207. The van der Waals surface area contributed by atoms with Crippen LogP contribution >= 0.6 is 11.6 Å². The Labute approximate surface area is 128 Å². The van der Waals surface area contributed by atoms with Gasteiger partial charge < -0.3 is 15.2 Å². The van der Waals surface area contributed by atoms with Crippen LogP contribution in [0.25, 0.3) is 0 Å². The van der Waals surface area contributed by atoms with Crippen molar-refractivity contribution in [3.63, 3.8) is 0 Å². The average Bonchev–Trinajstić information content (AvgIpc) is 2.47. The first-order valence-corrected chi connectivity index (χ1v) is 6.85. The molecule has 0 unspecified atom stereocenters. The number of carbonyl (C=O) groups excluding carboxylic acids is 1. The summed E-state index contributed by atoms with van der Waals surface area (Å²) in [5.74, 6) is 0.381. The zero-order valence-electron chi connectivity index (χ0n) is 11.6. The first-order chi connectivity index (χ1) is 10.1. The maximum absolute atomic E-state index is 11.8. The molecule has 0 fully saturated rings. The Morgan fingerprint density at radius 1 is 1.24 bits per heavy atom. The van der Waals surface area contributed by atoms with Gasteiger partial charge >= 0.3 is 0 Å². The summed E-state index contributed by atoms with van der Waals surface area (Å²) in [6.45, 7) is 1.77. The number of hydrogen-bond donors (Lipinski definition) is 2. The molecule has 0 spiro atoms. The van der Waals surface area contributed by atoms with Gasteiger partial charge in [0.1, 0.15) is 5.75 Å². The average molecular weight is 306 g/mol. The summed E-state index contributed by atoms with van der Waals surface area (Å²) in [6, 6.07) is 12.2. The molecule has 2 aromatic rings. The first kappa shape index (κ1) is 15.4.